The van der Waals surface area contributed by atoms with Crippen LogP contribution in [0.15, 0.2) is 36.5 Å². The monoisotopic (exact) mass is 426 g/mol. The number of rotatable bonds is 6. The number of aliphatic hydroxyl groups is 1. The van der Waals surface area contributed by atoms with Crippen LogP contribution in [0.25, 0.3) is 10.9 Å². The number of alkyl halides is 1. The Balaban J connectivity index is 1.75. The van der Waals surface area contributed by atoms with Crippen molar-refractivity contribution in [2.24, 2.45) is 0 Å². The van der Waals surface area contributed by atoms with Gasteiger partial charge in [0, 0.05) is 23.7 Å². The van der Waals surface area contributed by atoms with Crippen molar-refractivity contribution in [2.75, 3.05) is 30.4 Å². The zero-order valence-corrected chi connectivity index (χ0v) is 17.1. The summed E-state index contributed by atoms with van der Waals surface area (Å²) in [7, 11) is 1.56. The summed E-state index contributed by atoms with van der Waals surface area (Å²) in [4.78, 5) is 6.36. The van der Waals surface area contributed by atoms with E-state index < -0.39 is 6.17 Å². The van der Waals surface area contributed by atoms with Crippen LogP contribution in [0.3, 0.4) is 0 Å². The number of anilines is 2. The molecule has 2 aromatic carbocycles. The molecule has 0 amide bonds. The number of halogens is 2. The van der Waals surface area contributed by atoms with Crippen molar-refractivity contribution in [3.05, 3.63) is 58.2 Å². The Morgan fingerprint density at radius 3 is 2.80 bits per heavy atom. The average Bonchev–Trinajstić information content (AvgIpc) is 2.74. The van der Waals surface area contributed by atoms with Crippen molar-refractivity contribution in [2.45, 2.75) is 19.3 Å². The van der Waals surface area contributed by atoms with Crippen molar-refractivity contribution in [3.8, 4) is 11.8 Å². The van der Waals surface area contributed by atoms with Crippen molar-refractivity contribution in [3.63, 3.8) is 0 Å². The van der Waals surface area contributed by atoms with E-state index in [1.54, 1.807) is 31.5 Å². The van der Waals surface area contributed by atoms with E-state index in [0.29, 0.717) is 45.0 Å². The van der Waals surface area contributed by atoms with Gasteiger partial charge in [0.25, 0.3) is 0 Å². The average molecular weight is 427 g/mol. The first-order chi connectivity index (χ1) is 14.5. The second kappa shape index (κ2) is 8.34. The number of nitrogens with zero attached hydrogens (tertiary/aromatic N) is 3. The third kappa shape index (κ3) is 3.72. The van der Waals surface area contributed by atoms with Gasteiger partial charge < -0.3 is 20.1 Å². The summed E-state index contributed by atoms with van der Waals surface area (Å²) >= 11 is 6.22. The van der Waals surface area contributed by atoms with Gasteiger partial charge in [-0.2, -0.15) is 5.26 Å². The summed E-state index contributed by atoms with van der Waals surface area (Å²) in [6.45, 7) is 0.788. The topological polar surface area (TPSA) is 81.4 Å². The fourth-order valence-corrected chi connectivity index (χ4v) is 3.87. The van der Waals surface area contributed by atoms with E-state index >= 15 is 0 Å². The fourth-order valence-electron chi connectivity index (χ4n) is 3.59. The number of ether oxygens (including phenoxy) is 1. The maximum atomic E-state index is 13.4. The molecule has 2 N–H and O–H groups in total. The van der Waals surface area contributed by atoms with Crippen LogP contribution < -0.4 is 15.0 Å². The molecule has 0 saturated carbocycles. The number of hydrogen-bond acceptors (Lipinski definition) is 6. The zero-order valence-electron chi connectivity index (χ0n) is 16.3. The largest absolute Gasteiger partial charge is 0.495 e. The standard InChI is InChI=1S/C22H20ClFN4O2/c1-30-20-3-2-13(5-18(20)23)8-26-21-15(12-29)9-27-22-17(21)4-14(7-25)6-19(22)28-10-16(24)11-28/h2-6,9,16,29H,8,10-12H2,1H3,(H,26,27). The molecule has 2 heterocycles. The van der Waals surface area contributed by atoms with Crippen molar-refractivity contribution in [1.29, 1.82) is 5.26 Å². The molecule has 0 aliphatic carbocycles. The van der Waals surface area contributed by atoms with Gasteiger partial charge in [0.05, 0.1) is 60.4 Å². The molecule has 6 nitrogen and oxygen atoms in total. The molecule has 154 valence electrons. The SMILES string of the molecule is COc1ccc(CNc2c(CO)cnc3c(N4CC(F)C4)cc(C#N)cc23)cc1Cl. The van der Waals surface area contributed by atoms with Crippen LogP contribution in [0.1, 0.15) is 16.7 Å². The predicted molar refractivity (Wildman–Crippen MR) is 115 cm³/mol. The zero-order chi connectivity index (χ0) is 21.3. The molecule has 0 atom stereocenters. The van der Waals surface area contributed by atoms with E-state index in [4.69, 9.17) is 16.3 Å². The molecule has 0 unspecified atom stereocenters. The van der Waals surface area contributed by atoms with Crippen LogP contribution in [0.4, 0.5) is 15.8 Å². The number of pyridine rings is 1. The van der Waals surface area contributed by atoms with Gasteiger partial charge in [0.15, 0.2) is 0 Å². The number of methoxy groups -OCH3 is 1. The summed E-state index contributed by atoms with van der Waals surface area (Å²) < 4.78 is 18.6. The lowest BCUT2D eigenvalue weighted by Crippen LogP contribution is -2.48. The van der Waals surface area contributed by atoms with Gasteiger partial charge in [0.2, 0.25) is 0 Å². The van der Waals surface area contributed by atoms with Crippen LogP contribution >= 0.6 is 11.6 Å². The smallest absolute Gasteiger partial charge is 0.137 e. The van der Waals surface area contributed by atoms with Crippen LogP contribution in [0, 0.1) is 11.3 Å². The minimum Gasteiger partial charge on any atom is -0.495 e. The third-order valence-electron chi connectivity index (χ3n) is 5.19. The predicted octanol–water partition coefficient (Wildman–Crippen LogP) is 4.03. The second-order valence-corrected chi connectivity index (χ2v) is 7.55. The third-order valence-corrected chi connectivity index (χ3v) is 5.49. The van der Waals surface area contributed by atoms with Crippen molar-refractivity contribution < 1.29 is 14.2 Å². The van der Waals surface area contributed by atoms with E-state index in [9.17, 15) is 14.8 Å². The van der Waals surface area contributed by atoms with E-state index in [1.807, 2.05) is 17.0 Å². The summed E-state index contributed by atoms with van der Waals surface area (Å²) in [5, 5.41) is 23.9. The number of hydrogen-bond donors (Lipinski definition) is 2. The Bertz CT molecular complexity index is 1140. The lowest BCUT2D eigenvalue weighted by Gasteiger charge is -2.37. The molecule has 1 aromatic heterocycles. The Labute approximate surface area is 178 Å². The first-order valence-electron chi connectivity index (χ1n) is 9.46. The van der Waals surface area contributed by atoms with Crippen LogP contribution in [-0.2, 0) is 13.2 Å². The molecule has 0 radical (unpaired) electrons. The highest BCUT2D eigenvalue weighted by atomic mass is 35.5. The number of benzene rings is 2. The number of nitrogens with one attached hydrogen (secondary N) is 1. The first-order valence-corrected chi connectivity index (χ1v) is 9.83. The minimum absolute atomic E-state index is 0.211. The molecule has 30 heavy (non-hydrogen) atoms. The Morgan fingerprint density at radius 2 is 2.17 bits per heavy atom. The van der Waals surface area contributed by atoms with Gasteiger partial charge in [-0.1, -0.05) is 17.7 Å². The molecule has 4 rings (SSSR count). The minimum atomic E-state index is -0.875. The Hall–Kier alpha value is -3.08. The lowest BCUT2D eigenvalue weighted by molar-refractivity contribution is 0.275. The molecule has 0 spiro atoms. The second-order valence-electron chi connectivity index (χ2n) is 7.14. The van der Waals surface area contributed by atoms with E-state index in [2.05, 4.69) is 16.4 Å². The molecular formula is C22H20ClFN4O2. The number of aromatic nitrogens is 1. The summed E-state index contributed by atoms with van der Waals surface area (Å²) in [6.07, 6.45) is 0.730. The maximum absolute atomic E-state index is 13.4. The molecule has 8 heteroatoms. The Morgan fingerprint density at radius 1 is 1.37 bits per heavy atom. The highest BCUT2D eigenvalue weighted by Crippen LogP contribution is 2.36. The summed E-state index contributed by atoms with van der Waals surface area (Å²) in [6, 6.07) is 11.1. The molecule has 1 fully saturated rings. The van der Waals surface area contributed by atoms with Crippen LogP contribution in [0.5, 0.6) is 5.75 Å². The van der Waals surface area contributed by atoms with Crippen LogP contribution in [-0.4, -0.2) is 36.5 Å². The molecule has 0 bridgehead atoms. The Kier molecular flexibility index (Phi) is 5.62. The first kappa shape index (κ1) is 20.2. The fraction of sp³-hybridized carbons (Fsp3) is 0.273. The van der Waals surface area contributed by atoms with E-state index in [1.165, 1.54) is 0 Å². The molecular weight excluding hydrogens is 407 g/mol. The summed E-state index contributed by atoms with van der Waals surface area (Å²) in [5.41, 5.74) is 4.05. The van der Waals surface area contributed by atoms with Gasteiger partial charge >= 0.3 is 0 Å². The van der Waals surface area contributed by atoms with E-state index in [-0.39, 0.29) is 19.7 Å². The molecule has 1 aliphatic heterocycles. The normalized spacial score (nSPS) is 13.8. The number of aliphatic hydroxyl groups excluding tert-OH is 1. The van der Waals surface area contributed by atoms with Gasteiger partial charge in [-0.05, 0) is 29.8 Å². The number of nitriles is 1. The van der Waals surface area contributed by atoms with Gasteiger partial charge in [-0.25, -0.2) is 4.39 Å². The molecule has 3 aromatic rings. The quantitative estimate of drug-likeness (QED) is 0.619. The highest BCUT2D eigenvalue weighted by molar-refractivity contribution is 6.32. The molecule has 1 aliphatic rings. The lowest BCUT2D eigenvalue weighted by atomic mass is 10.0. The van der Waals surface area contributed by atoms with Gasteiger partial charge in [-0.3, -0.25) is 4.98 Å². The number of fused-ring (bicyclic) bond motifs is 1. The van der Waals surface area contributed by atoms with Crippen molar-refractivity contribution >= 4 is 33.9 Å². The van der Waals surface area contributed by atoms with Gasteiger partial charge in [0.1, 0.15) is 11.9 Å². The van der Waals surface area contributed by atoms with E-state index in [0.717, 1.165) is 11.3 Å². The van der Waals surface area contributed by atoms with Crippen LogP contribution in [0.2, 0.25) is 5.02 Å². The van der Waals surface area contributed by atoms with Gasteiger partial charge in [-0.15, -0.1) is 0 Å². The maximum Gasteiger partial charge on any atom is 0.137 e. The highest BCUT2D eigenvalue weighted by Gasteiger charge is 2.29. The van der Waals surface area contributed by atoms with Crippen molar-refractivity contribution in [1.82, 2.24) is 4.98 Å². The molecule has 1 saturated heterocycles. The summed E-state index contributed by atoms with van der Waals surface area (Å²) in [5.74, 6) is 0.592.